The van der Waals surface area contributed by atoms with E-state index in [1.165, 1.54) is 12.1 Å². The van der Waals surface area contributed by atoms with E-state index >= 15 is 0 Å². The van der Waals surface area contributed by atoms with E-state index in [1.54, 1.807) is 34.1 Å². The van der Waals surface area contributed by atoms with Crippen LogP contribution in [0.5, 0.6) is 0 Å². The number of hydrogen-bond donors (Lipinski definition) is 0. The second-order valence-corrected chi connectivity index (χ2v) is 6.48. The number of fused-ring (bicyclic) bond motifs is 1. The number of hydrogen-bond acceptors (Lipinski definition) is 4. The Morgan fingerprint density at radius 3 is 2.65 bits per heavy atom. The summed E-state index contributed by atoms with van der Waals surface area (Å²) in [5.74, 6) is -0.144. The van der Waals surface area contributed by atoms with E-state index in [0.717, 1.165) is 17.7 Å². The lowest BCUT2D eigenvalue weighted by Crippen LogP contribution is -2.29. The Kier molecular flexibility index (Phi) is 3.91. The predicted molar refractivity (Wildman–Crippen MR) is 96.5 cm³/mol. The zero-order chi connectivity index (χ0) is 18.3. The topological polar surface area (TPSA) is 83.8 Å². The molecule has 2 aromatic carbocycles. The molecule has 0 radical (unpaired) electrons. The molecule has 26 heavy (non-hydrogen) atoms. The van der Waals surface area contributed by atoms with Crippen molar-refractivity contribution in [1.82, 2.24) is 0 Å². The zero-order valence-electron chi connectivity index (χ0n) is 14.1. The molecule has 0 bridgehead atoms. The van der Waals surface area contributed by atoms with Gasteiger partial charge in [-0.15, -0.1) is 0 Å². The van der Waals surface area contributed by atoms with Gasteiger partial charge in [-0.05, 0) is 36.6 Å². The van der Waals surface area contributed by atoms with E-state index < -0.39 is 4.92 Å². The summed E-state index contributed by atoms with van der Waals surface area (Å²) in [6, 6.07) is 11.6. The van der Waals surface area contributed by atoms with Gasteiger partial charge in [-0.1, -0.05) is 12.1 Å². The van der Waals surface area contributed by atoms with E-state index in [2.05, 4.69) is 0 Å². The number of anilines is 2. The molecule has 1 saturated heterocycles. The lowest BCUT2D eigenvalue weighted by Gasteiger charge is -2.20. The number of nitro groups is 1. The molecule has 0 atom stereocenters. The van der Waals surface area contributed by atoms with Crippen LogP contribution in [0.25, 0.3) is 0 Å². The Morgan fingerprint density at radius 1 is 1.08 bits per heavy atom. The standard InChI is InChI=1S/C19H17N3O4/c23-18-5-2-9-20(18)15-4-1-3-14(11-15)19(24)21-10-8-13-6-7-16(22(25)26)12-17(13)21/h1,3-4,6-7,11-12H,2,5,8-10H2. The average Bonchev–Trinajstić information content (AvgIpc) is 3.26. The molecule has 0 saturated carbocycles. The highest BCUT2D eigenvalue weighted by molar-refractivity contribution is 6.08. The van der Waals surface area contributed by atoms with Crippen molar-refractivity contribution >= 4 is 28.9 Å². The molecule has 2 amide bonds. The van der Waals surface area contributed by atoms with Crippen LogP contribution < -0.4 is 9.80 Å². The first-order valence-corrected chi connectivity index (χ1v) is 8.54. The maximum absolute atomic E-state index is 13.0. The van der Waals surface area contributed by atoms with E-state index in [-0.39, 0.29) is 17.5 Å². The Balaban J connectivity index is 1.65. The van der Waals surface area contributed by atoms with Crippen LogP contribution in [0.2, 0.25) is 0 Å². The quantitative estimate of drug-likeness (QED) is 0.629. The molecule has 132 valence electrons. The number of nitro benzene ring substituents is 1. The van der Waals surface area contributed by atoms with Crippen LogP contribution in [0.1, 0.15) is 28.8 Å². The minimum atomic E-state index is -0.457. The Hall–Kier alpha value is -3.22. The van der Waals surface area contributed by atoms with Gasteiger partial charge < -0.3 is 9.80 Å². The zero-order valence-corrected chi connectivity index (χ0v) is 14.1. The van der Waals surface area contributed by atoms with Gasteiger partial charge in [-0.2, -0.15) is 0 Å². The summed E-state index contributed by atoms with van der Waals surface area (Å²) in [5.41, 5.74) is 2.68. The lowest BCUT2D eigenvalue weighted by molar-refractivity contribution is -0.384. The van der Waals surface area contributed by atoms with E-state index in [0.29, 0.717) is 37.2 Å². The summed E-state index contributed by atoms with van der Waals surface area (Å²) in [7, 11) is 0. The van der Waals surface area contributed by atoms with Crippen molar-refractivity contribution in [3.8, 4) is 0 Å². The van der Waals surface area contributed by atoms with Crippen LogP contribution in [-0.2, 0) is 11.2 Å². The van der Waals surface area contributed by atoms with Crippen molar-refractivity contribution in [3.05, 3.63) is 63.7 Å². The van der Waals surface area contributed by atoms with Crippen LogP contribution >= 0.6 is 0 Å². The number of carbonyl (C=O) groups is 2. The highest BCUT2D eigenvalue weighted by Crippen LogP contribution is 2.33. The van der Waals surface area contributed by atoms with Gasteiger partial charge in [0.25, 0.3) is 11.6 Å². The molecule has 7 heteroatoms. The van der Waals surface area contributed by atoms with Crippen LogP contribution in [-0.4, -0.2) is 29.8 Å². The third-order valence-electron chi connectivity index (χ3n) is 4.90. The average molecular weight is 351 g/mol. The molecule has 4 rings (SSSR count). The largest absolute Gasteiger partial charge is 0.312 e. The maximum Gasteiger partial charge on any atom is 0.271 e. The second kappa shape index (κ2) is 6.25. The molecule has 7 nitrogen and oxygen atoms in total. The molecule has 2 aromatic rings. The fourth-order valence-electron chi connectivity index (χ4n) is 3.58. The Morgan fingerprint density at radius 2 is 1.92 bits per heavy atom. The number of amides is 2. The first kappa shape index (κ1) is 16.3. The predicted octanol–water partition coefficient (Wildman–Crippen LogP) is 2.92. The van der Waals surface area contributed by atoms with Crippen molar-refractivity contribution in [1.29, 1.82) is 0 Å². The fraction of sp³-hybridized carbons (Fsp3) is 0.263. The van der Waals surface area contributed by atoms with E-state index in [4.69, 9.17) is 0 Å². The summed E-state index contributed by atoms with van der Waals surface area (Å²) in [4.78, 5) is 38.8. The van der Waals surface area contributed by atoms with Crippen LogP contribution in [0.15, 0.2) is 42.5 Å². The van der Waals surface area contributed by atoms with Crippen molar-refractivity contribution in [2.45, 2.75) is 19.3 Å². The first-order valence-electron chi connectivity index (χ1n) is 8.54. The Bertz CT molecular complexity index is 925. The van der Waals surface area contributed by atoms with Gasteiger partial charge >= 0.3 is 0 Å². The number of nitrogens with zero attached hydrogens (tertiary/aromatic N) is 3. The van der Waals surface area contributed by atoms with Gasteiger partial charge in [-0.25, -0.2) is 0 Å². The van der Waals surface area contributed by atoms with Gasteiger partial charge in [0.1, 0.15) is 0 Å². The molecule has 0 N–H and O–H groups in total. The molecular formula is C19H17N3O4. The highest BCUT2D eigenvalue weighted by Gasteiger charge is 2.28. The van der Waals surface area contributed by atoms with Crippen molar-refractivity contribution in [3.63, 3.8) is 0 Å². The SMILES string of the molecule is O=C1CCCN1c1cccc(C(=O)N2CCc3ccc([N+](=O)[O-])cc32)c1. The summed E-state index contributed by atoms with van der Waals surface area (Å²) >= 11 is 0. The minimum absolute atomic E-state index is 0.0279. The van der Waals surface area contributed by atoms with Crippen molar-refractivity contribution in [2.75, 3.05) is 22.9 Å². The van der Waals surface area contributed by atoms with Gasteiger partial charge in [0.05, 0.1) is 10.6 Å². The number of benzene rings is 2. The smallest absolute Gasteiger partial charge is 0.271 e. The van der Waals surface area contributed by atoms with Crippen molar-refractivity contribution < 1.29 is 14.5 Å². The monoisotopic (exact) mass is 351 g/mol. The normalized spacial score (nSPS) is 16.1. The van der Waals surface area contributed by atoms with Crippen molar-refractivity contribution in [2.24, 2.45) is 0 Å². The number of non-ortho nitro benzene ring substituents is 1. The summed E-state index contributed by atoms with van der Waals surface area (Å²) in [6.45, 7) is 1.15. The number of carbonyl (C=O) groups excluding carboxylic acids is 2. The van der Waals surface area contributed by atoms with Gasteiger partial charge in [0, 0.05) is 42.9 Å². The van der Waals surface area contributed by atoms with Gasteiger partial charge in [0.2, 0.25) is 5.91 Å². The minimum Gasteiger partial charge on any atom is -0.312 e. The lowest BCUT2D eigenvalue weighted by atomic mass is 10.1. The third kappa shape index (κ3) is 2.71. The fourth-order valence-corrected chi connectivity index (χ4v) is 3.58. The molecule has 2 heterocycles. The summed E-state index contributed by atoms with van der Waals surface area (Å²) < 4.78 is 0. The van der Waals surface area contributed by atoms with E-state index in [9.17, 15) is 19.7 Å². The van der Waals surface area contributed by atoms with E-state index in [1.807, 2.05) is 6.07 Å². The summed E-state index contributed by atoms with van der Waals surface area (Å²) in [5, 5.41) is 11.0. The molecule has 0 spiro atoms. The summed E-state index contributed by atoms with van der Waals surface area (Å²) in [6.07, 6.45) is 2.02. The van der Waals surface area contributed by atoms with Crippen LogP contribution in [0.3, 0.4) is 0 Å². The van der Waals surface area contributed by atoms with Crippen LogP contribution in [0, 0.1) is 10.1 Å². The first-order chi connectivity index (χ1) is 12.5. The number of rotatable bonds is 3. The molecule has 2 aliphatic rings. The molecule has 2 aliphatic heterocycles. The third-order valence-corrected chi connectivity index (χ3v) is 4.90. The second-order valence-electron chi connectivity index (χ2n) is 6.48. The molecule has 0 unspecified atom stereocenters. The molecule has 0 aromatic heterocycles. The molecule has 1 fully saturated rings. The Labute approximate surface area is 150 Å². The van der Waals surface area contributed by atoms with Gasteiger partial charge in [-0.3, -0.25) is 19.7 Å². The van der Waals surface area contributed by atoms with Gasteiger partial charge in [0.15, 0.2) is 0 Å². The molecular weight excluding hydrogens is 334 g/mol. The van der Waals surface area contributed by atoms with Crippen LogP contribution in [0.4, 0.5) is 17.1 Å². The highest BCUT2D eigenvalue weighted by atomic mass is 16.6. The maximum atomic E-state index is 13.0. The molecule has 0 aliphatic carbocycles.